The van der Waals surface area contributed by atoms with Gasteiger partial charge < -0.3 is 10.1 Å². The fourth-order valence-electron chi connectivity index (χ4n) is 3.80. The van der Waals surface area contributed by atoms with Gasteiger partial charge in [0.05, 0.1) is 11.8 Å². The predicted octanol–water partition coefficient (Wildman–Crippen LogP) is 3.36. The average Bonchev–Trinajstić information content (AvgIpc) is 3.13. The molecule has 7 nitrogen and oxygen atoms in total. The van der Waals surface area contributed by atoms with Crippen LogP contribution >= 0.6 is 0 Å². The number of ether oxygens (including phenoxy) is 1. The molecule has 1 aliphatic rings. The third kappa shape index (κ3) is 7.80. The maximum absolute atomic E-state index is 13.2. The summed E-state index contributed by atoms with van der Waals surface area (Å²) in [6.07, 6.45) is 5.92. The number of hydroxylamine groups is 1. The fourth-order valence-corrected chi connectivity index (χ4v) is 3.80. The van der Waals surface area contributed by atoms with Gasteiger partial charge in [-0.15, -0.1) is 6.58 Å². The van der Waals surface area contributed by atoms with Gasteiger partial charge in [-0.2, -0.15) is 0 Å². The number of rotatable bonds is 10. The Kier molecular flexibility index (Phi) is 9.83. The first-order valence-corrected chi connectivity index (χ1v) is 10.6. The topological polar surface area (TPSA) is 105 Å². The SMILES string of the molecule is C=CCC(C(=O)NO)C(CC(C)C)C(=O)NC(C(=O)OC1CCCC1)C(C)(C)C. The number of esters is 1. The van der Waals surface area contributed by atoms with Gasteiger partial charge in [-0.05, 0) is 49.9 Å². The molecule has 0 saturated heterocycles. The first-order valence-electron chi connectivity index (χ1n) is 10.6. The van der Waals surface area contributed by atoms with Gasteiger partial charge in [0.1, 0.15) is 12.1 Å². The quantitative estimate of drug-likeness (QED) is 0.222. The summed E-state index contributed by atoms with van der Waals surface area (Å²) in [6.45, 7) is 13.2. The summed E-state index contributed by atoms with van der Waals surface area (Å²) in [7, 11) is 0. The molecule has 3 atom stereocenters. The van der Waals surface area contributed by atoms with Gasteiger partial charge >= 0.3 is 5.97 Å². The number of allylic oxidation sites excluding steroid dienone is 1. The molecule has 0 aromatic carbocycles. The van der Waals surface area contributed by atoms with E-state index in [9.17, 15) is 14.4 Å². The van der Waals surface area contributed by atoms with Crippen molar-refractivity contribution < 1.29 is 24.3 Å². The normalized spacial score (nSPS) is 18.0. The highest BCUT2D eigenvalue weighted by Gasteiger charge is 2.40. The summed E-state index contributed by atoms with van der Waals surface area (Å²) in [5.74, 6) is -2.80. The summed E-state index contributed by atoms with van der Waals surface area (Å²) in [5.41, 5.74) is 1.10. The van der Waals surface area contributed by atoms with Crippen LogP contribution in [-0.4, -0.2) is 35.1 Å². The van der Waals surface area contributed by atoms with Gasteiger partial charge in [-0.3, -0.25) is 14.8 Å². The van der Waals surface area contributed by atoms with Crippen LogP contribution in [0.5, 0.6) is 0 Å². The van der Waals surface area contributed by atoms with Crippen LogP contribution in [0, 0.1) is 23.2 Å². The van der Waals surface area contributed by atoms with Crippen LogP contribution in [0.1, 0.15) is 73.1 Å². The van der Waals surface area contributed by atoms with E-state index in [0.29, 0.717) is 6.42 Å². The van der Waals surface area contributed by atoms with Crippen molar-refractivity contribution in [3.8, 4) is 0 Å². The van der Waals surface area contributed by atoms with Crippen LogP contribution in [0.4, 0.5) is 0 Å². The Bertz CT molecular complexity index is 576. The number of carbonyl (C=O) groups is 3. The lowest BCUT2D eigenvalue weighted by Crippen LogP contribution is -2.53. The molecular formula is C22H38N2O5. The van der Waals surface area contributed by atoms with Crippen LogP contribution in [0.3, 0.4) is 0 Å². The minimum atomic E-state index is -0.827. The molecule has 166 valence electrons. The summed E-state index contributed by atoms with van der Waals surface area (Å²) < 4.78 is 5.65. The van der Waals surface area contributed by atoms with Gasteiger partial charge in [0.2, 0.25) is 11.8 Å². The Morgan fingerprint density at radius 2 is 1.72 bits per heavy atom. The zero-order chi connectivity index (χ0) is 22.2. The van der Waals surface area contributed by atoms with Crippen molar-refractivity contribution in [2.24, 2.45) is 23.2 Å². The molecule has 3 unspecified atom stereocenters. The molecule has 1 saturated carbocycles. The summed E-state index contributed by atoms with van der Waals surface area (Å²) in [6, 6.07) is -0.827. The summed E-state index contributed by atoms with van der Waals surface area (Å²) in [4.78, 5) is 38.2. The minimum Gasteiger partial charge on any atom is -0.461 e. The predicted molar refractivity (Wildman–Crippen MR) is 111 cm³/mol. The second-order valence-corrected chi connectivity index (χ2v) is 9.49. The molecular weight excluding hydrogens is 372 g/mol. The standard InChI is InChI=1S/C22H38N2O5/c1-7-10-16(20(26)24-28)17(13-14(2)3)19(25)23-18(22(4,5)6)21(27)29-15-11-8-9-12-15/h7,14-18,28H,1,8-13H2,2-6H3,(H,23,25)(H,24,26). The lowest BCUT2D eigenvalue weighted by molar-refractivity contribution is -0.156. The highest BCUT2D eigenvalue weighted by molar-refractivity contribution is 5.90. The zero-order valence-corrected chi connectivity index (χ0v) is 18.5. The van der Waals surface area contributed by atoms with Crippen LogP contribution < -0.4 is 10.8 Å². The van der Waals surface area contributed by atoms with Crippen molar-refractivity contribution in [2.45, 2.75) is 85.3 Å². The summed E-state index contributed by atoms with van der Waals surface area (Å²) in [5, 5.41) is 12.0. The Morgan fingerprint density at radius 1 is 1.14 bits per heavy atom. The van der Waals surface area contributed by atoms with Gasteiger partial charge in [0, 0.05) is 0 Å². The minimum absolute atomic E-state index is 0.0932. The molecule has 0 aromatic rings. The second-order valence-electron chi connectivity index (χ2n) is 9.49. The molecule has 0 heterocycles. The van der Waals surface area contributed by atoms with Crippen molar-refractivity contribution in [3.63, 3.8) is 0 Å². The number of nitrogens with one attached hydrogen (secondary N) is 2. The maximum atomic E-state index is 13.2. The van der Waals surface area contributed by atoms with Gasteiger partial charge in [0.15, 0.2) is 0 Å². The largest absolute Gasteiger partial charge is 0.461 e. The van der Waals surface area contributed by atoms with E-state index in [1.54, 1.807) is 11.6 Å². The van der Waals surface area contributed by atoms with E-state index in [4.69, 9.17) is 9.94 Å². The highest BCUT2D eigenvalue weighted by atomic mass is 16.5. The lowest BCUT2D eigenvalue weighted by Gasteiger charge is -2.33. The molecule has 0 radical (unpaired) electrons. The molecule has 2 amide bonds. The number of hydrogen-bond donors (Lipinski definition) is 3. The highest BCUT2D eigenvalue weighted by Crippen LogP contribution is 2.28. The lowest BCUT2D eigenvalue weighted by atomic mass is 9.80. The van der Waals surface area contributed by atoms with Crippen LogP contribution in [0.2, 0.25) is 0 Å². The van der Waals surface area contributed by atoms with Crippen molar-refractivity contribution in [3.05, 3.63) is 12.7 Å². The number of carbonyl (C=O) groups excluding carboxylic acids is 3. The smallest absolute Gasteiger partial charge is 0.329 e. The molecule has 0 bridgehead atoms. The van der Waals surface area contributed by atoms with E-state index in [1.165, 1.54) is 0 Å². The number of amides is 2. The summed E-state index contributed by atoms with van der Waals surface area (Å²) >= 11 is 0. The first kappa shape index (κ1) is 25.1. The van der Waals surface area contributed by atoms with Crippen molar-refractivity contribution in [1.82, 2.24) is 10.8 Å². The Morgan fingerprint density at radius 3 is 2.17 bits per heavy atom. The van der Waals surface area contributed by atoms with Crippen molar-refractivity contribution >= 4 is 17.8 Å². The molecule has 1 fully saturated rings. The Hall–Kier alpha value is -1.89. The van der Waals surface area contributed by atoms with Gasteiger partial charge in [-0.25, -0.2) is 10.3 Å². The fraction of sp³-hybridized carbons (Fsp3) is 0.773. The van der Waals surface area contributed by atoms with E-state index in [1.807, 2.05) is 34.6 Å². The van der Waals surface area contributed by atoms with Crippen molar-refractivity contribution in [2.75, 3.05) is 0 Å². The first-order chi connectivity index (χ1) is 13.5. The van der Waals surface area contributed by atoms with Crippen LogP contribution in [0.25, 0.3) is 0 Å². The molecule has 1 rings (SSSR count). The molecule has 0 aromatic heterocycles. The van der Waals surface area contributed by atoms with Gasteiger partial charge in [-0.1, -0.05) is 40.7 Å². The maximum Gasteiger partial charge on any atom is 0.329 e. The molecule has 29 heavy (non-hydrogen) atoms. The third-order valence-corrected chi connectivity index (χ3v) is 5.39. The Labute approximate surface area is 174 Å². The molecule has 0 aliphatic heterocycles. The van der Waals surface area contributed by atoms with Crippen LogP contribution in [0.15, 0.2) is 12.7 Å². The molecule has 3 N–H and O–H groups in total. The monoisotopic (exact) mass is 410 g/mol. The van der Waals surface area contributed by atoms with E-state index in [-0.39, 0.29) is 18.4 Å². The van der Waals surface area contributed by atoms with E-state index in [2.05, 4.69) is 11.9 Å². The Balaban J connectivity index is 3.05. The average molecular weight is 411 g/mol. The molecule has 7 heteroatoms. The molecule has 1 aliphatic carbocycles. The third-order valence-electron chi connectivity index (χ3n) is 5.39. The number of hydrogen-bond acceptors (Lipinski definition) is 5. The van der Waals surface area contributed by atoms with E-state index >= 15 is 0 Å². The zero-order valence-electron chi connectivity index (χ0n) is 18.5. The van der Waals surface area contributed by atoms with E-state index < -0.39 is 41.1 Å². The van der Waals surface area contributed by atoms with Gasteiger partial charge in [0.25, 0.3) is 0 Å². The van der Waals surface area contributed by atoms with Crippen molar-refractivity contribution in [1.29, 1.82) is 0 Å². The molecule has 0 spiro atoms. The van der Waals surface area contributed by atoms with Crippen LogP contribution in [-0.2, 0) is 19.1 Å². The van der Waals surface area contributed by atoms with E-state index in [0.717, 1.165) is 25.7 Å². The second kappa shape index (κ2) is 11.3.